The van der Waals surface area contributed by atoms with Crippen LogP contribution in [-0.2, 0) is 4.74 Å². The van der Waals surface area contributed by atoms with Crippen LogP contribution in [0.5, 0.6) is 11.5 Å². The summed E-state index contributed by atoms with van der Waals surface area (Å²) in [5.74, 6) is 1.48. The van der Waals surface area contributed by atoms with E-state index in [0.29, 0.717) is 28.9 Å². The lowest BCUT2D eigenvalue weighted by Gasteiger charge is -2.17. The summed E-state index contributed by atoms with van der Waals surface area (Å²) in [5.41, 5.74) is 1.01. The van der Waals surface area contributed by atoms with Gasteiger partial charge in [-0.25, -0.2) is 0 Å². The molecule has 1 N–H and O–H groups in total. The van der Waals surface area contributed by atoms with Crippen LogP contribution in [0.1, 0.15) is 19.8 Å². The molecule has 2 atom stereocenters. The Balaban J connectivity index is 1.43. The molecule has 3 rings (SSSR count). The Bertz CT molecular complexity index is 703. The first-order valence-electron chi connectivity index (χ1n) is 8.80. The third-order valence-electron chi connectivity index (χ3n) is 4.13. The molecule has 26 heavy (non-hydrogen) atoms. The fraction of sp³-hybridized carbons (Fsp3) is 0.400. The van der Waals surface area contributed by atoms with E-state index in [1.165, 1.54) is 0 Å². The second-order valence-corrected chi connectivity index (χ2v) is 7.20. The van der Waals surface area contributed by atoms with Gasteiger partial charge in [0.05, 0.1) is 17.7 Å². The lowest BCUT2D eigenvalue weighted by molar-refractivity contribution is 0.0679. The highest BCUT2D eigenvalue weighted by Gasteiger charge is 2.15. The molecule has 6 heteroatoms. The van der Waals surface area contributed by atoms with Gasteiger partial charge in [0.15, 0.2) is 0 Å². The molecule has 1 fully saturated rings. The molecule has 1 heterocycles. The number of nitrogens with one attached hydrogen (secondary N) is 1. The largest absolute Gasteiger partial charge is 0.491 e. The van der Waals surface area contributed by atoms with Gasteiger partial charge in [0.1, 0.15) is 24.2 Å². The van der Waals surface area contributed by atoms with Crippen LogP contribution in [0.4, 0.5) is 5.69 Å². The quantitative estimate of drug-likeness (QED) is 0.646. The maximum absolute atomic E-state index is 6.13. The number of hydrogen-bond donors (Lipinski definition) is 1. The second kappa shape index (κ2) is 9.36. The summed E-state index contributed by atoms with van der Waals surface area (Å²) in [6, 6.07) is 13.1. The van der Waals surface area contributed by atoms with Crippen LogP contribution in [0.2, 0.25) is 10.0 Å². The summed E-state index contributed by atoms with van der Waals surface area (Å²) in [5, 5.41) is 4.45. The minimum Gasteiger partial charge on any atom is -0.491 e. The summed E-state index contributed by atoms with van der Waals surface area (Å²) < 4.78 is 17.2. The molecule has 0 aliphatic carbocycles. The Labute approximate surface area is 164 Å². The van der Waals surface area contributed by atoms with Crippen LogP contribution in [0.15, 0.2) is 42.5 Å². The van der Waals surface area contributed by atoms with Gasteiger partial charge in [0.25, 0.3) is 0 Å². The smallest absolute Gasteiger partial charge is 0.138 e. The van der Waals surface area contributed by atoms with Gasteiger partial charge >= 0.3 is 0 Å². The zero-order chi connectivity index (χ0) is 18.4. The van der Waals surface area contributed by atoms with Gasteiger partial charge < -0.3 is 19.5 Å². The number of halogens is 2. The minimum absolute atomic E-state index is 0.0517. The minimum atomic E-state index is -0.0517. The maximum Gasteiger partial charge on any atom is 0.138 e. The third-order valence-corrected chi connectivity index (χ3v) is 4.66. The van der Waals surface area contributed by atoms with Gasteiger partial charge in [-0.2, -0.15) is 0 Å². The highest BCUT2D eigenvalue weighted by Crippen LogP contribution is 2.28. The summed E-state index contributed by atoms with van der Waals surface area (Å²) in [4.78, 5) is 0. The predicted molar refractivity (Wildman–Crippen MR) is 106 cm³/mol. The Kier molecular flexibility index (Phi) is 6.89. The van der Waals surface area contributed by atoms with Crippen LogP contribution < -0.4 is 14.8 Å². The maximum atomic E-state index is 6.13. The first-order valence-corrected chi connectivity index (χ1v) is 9.56. The van der Waals surface area contributed by atoms with Crippen molar-refractivity contribution in [1.82, 2.24) is 0 Å². The van der Waals surface area contributed by atoms with Crippen molar-refractivity contribution >= 4 is 28.9 Å². The van der Waals surface area contributed by atoms with Crippen LogP contribution in [-0.4, -0.2) is 32.0 Å². The molecule has 0 amide bonds. The van der Waals surface area contributed by atoms with E-state index < -0.39 is 0 Å². The van der Waals surface area contributed by atoms with E-state index in [9.17, 15) is 0 Å². The van der Waals surface area contributed by atoms with Crippen molar-refractivity contribution in [3.05, 3.63) is 52.5 Å². The number of benzene rings is 2. The SMILES string of the molecule is C[C@@H](CNc1ccc(OC[C@H]2CCCO2)cc1)Oc1ccc(Cl)cc1Cl. The standard InChI is InChI=1S/C20H23Cl2NO3/c1-14(26-20-9-4-15(21)11-19(20)22)12-23-16-5-7-17(8-6-16)25-13-18-3-2-10-24-18/h4-9,11,14,18,23H,2-3,10,12-13H2,1H3/t14-,18+/m0/s1. The molecule has 4 nitrogen and oxygen atoms in total. The fourth-order valence-corrected chi connectivity index (χ4v) is 3.18. The van der Waals surface area contributed by atoms with Gasteiger partial charge in [-0.15, -0.1) is 0 Å². The molecule has 140 valence electrons. The second-order valence-electron chi connectivity index (χ2n) is 6.35. The molecule has 0 unspecified atom stereocenters. The normalized spacial score (nSPS) is 17.7. The van der Waals surface area contributed by atoms with Crippen molar-refractivity contribution < 1.29 is 14.2 Å². The highest BCUT2D eigenvalue weighted by atomic mass is 35.5. The zero-order valence-corrected chi connectivity index (χ0v) is 16.2. The fourth-order valence-electron chi connectivity index (χ4n) is 2.72. The number of ether oxygens (including phenoxy) is 3. The monoisotopic (exact) mass is 395 g/mol. The van der Waals surface area contributed by atoms with Crippen molar-refractivity contribution in [2.45, 2.75) is 32.0 Å². The van der Waals surface area contributed by atoms with Crippen LogP contribution in [0.25, 0.3) is 0 Å². The van der Waals surface area contributed by atoms with E-state index >= 15 is 0 Å². The molecule has 1 saturated heterocycles. The van der Waals surface area contributed by atoms with Crippen molar-refractivity contribution in [3.63, 3.8) is 0 Å². The van der Waals surface area contributed by atoms with Crippen molar-refractivity contribution in [2.75, 3.05) is 25.1 Å². The third kappa shape index (κ3) is 5.70. The van der Waals surface area contributed by atoms with E-state index in [4.69, 9.17) is 37.4 Å². The summed E-state index contributed by atoms with van der Waals surface area (Å²) in [6.07, 6.45) is 2.38. The van der Waals surface area contributed by atoms with Crippen LogP contribution in [0.3, 0.4) is 0 Å². The van der Waals surface area contributed by atoms with Crippen LogP contribution >= 0.6 is 23.2 Å². The Morgan fingerprint density at radius 2 is 2.00 bits per heavy atom. The zero-order valence-electron chi connectivity index (χ0n) is 14.7. The van der Waals surface area contributed by atoms with Gasteiger partial charge in [0, 0.05) is 17.3 Å². The molecule has 0 radical (unpaired) electrons. The van der Waals surface area contributed by atoms with Crippen molar-refractivity contribution in [1.29, 1.82) is 0 Å². The Morgan fingerprint density at radius 1 is 1.19 bits per heavy atom. The van der Waals surface area contributed by atoms with E-state index in [-0.39, 0.29) is 12.2 Å². The highest BCUT2D eigenvalue weighted by molar-refractivity contribution is 6.35. The number of anilines is 1. The molecule has 1 aliphatic heterocycles. The summed E-state index contributed by atoms with van der Waals surface area (Å²) in [7, 11) is 0. The van der Waals surface area contributed by atoms with Gasteiger partial charge in [-0.05, 0) is 62.2 Å². The molecular weight excluding hydrogens is 373 g/mol. The molecular formula is C20H23Cl2NO3. The first-order chi connectivity index (χ1) is 12.6. The lowest BCUT2D eigenvalue weighted by Crippen LogP contribution is -2.22. The number of rotatable bonds is 8. The van der Waals surface area contributed by atoms with Crippen LogP contribution in [0, 0.1) is 0 Å². The first kappa shape index (κ1) is 19.2. The Morgan fingerprint density at radius 3 is 2.69 bits per heavy atom. The van der Waals surface area contributed by atoms with Crippen molar-refractivity contribution in [3.8, 4) is 11.5 Å². The lowest BCUT2D eigenvalue weighted by atomic mass is 10.2. The van der Waals surface area contributed by atoms with E-state index in [1.807, 2.05) is 31.2 Å². The summed E-state index contributed by atoms with van der Waals surface area (Å²) >= 11 is 12.0. The molecule has 0 saturated carbocycles. The van der Waals surface area contributed by atoms with Crippen molar-refractivity contribution in [2.24, 2.45) is 0 Å². The molecule has 2 aromatic rings. The van der Waals surface area contributed by atoms with Gasteiger partial charge in [-0.1, -0.05) is 23.2 Å². The molecule has 1 aliphatic rings. The van der Waals surface area contributed by atoms with E-state index in [2.05, 4.69) is 5.32 Å². The Hall–Kier alpha value is -1.62. The van der Waals surface area contributed by atoms with Gasteiger partial charge in [-0.3, -0.25) is 0 Å². The topological polar surface area (TPSA) is 39.7 Å². The summed E-state index contributed by atoms with van der Waals surface area (Å²) in [6.45, 7) is 4.09. The van der Waals surface area contributed by atoms with Gasteiger partial charge in [0.2, 0.25) is 0 Å². The van der Waals surface area contributed by atoms with E-state index in [0.717, 1.165) is 30.9 Å². The molecule has 0 aromatic heterocycles. The molecule has 2 aromatic carbocycles. The molecule has 0 bridgehead atoms. The number of hydrogen-bond acceptors (Lipinski definition) is 4. The molecule has 0 spiro atoms. The average Bonchev–Trinajstić information content (AvgIpc) is 3.15. The predicted octanol–water partition coefficient (Wildman–Crippen LogP) is 5.43. The van der Waals surface area contributed by atoms with E-state index in [1.54, 1.807) is 18.2 Å². The average molecular weight is 396 g/mol.